The van der Waals surface area contributed by atoms with Gasteiger partial charge in [0.05, 0.1) is 11.1 Å². The Bertz CT molecular complexity index is 1490. The molecule has 4 aromatic rings. The number of aromatic nitrogens is 1. The molecule has 0 fully saturated rings. The summed E-state index contributed by atoms with van der Waals surface area (Å²) in [6.07, 6.45) is 3.99. The molecule has 7 heteroatoms. The molecule has 0 aliphatic heterocycles. The number of allylic oxidation sites excluding steroid dienone is 2. The molecule has 1 amide bonds. The molecule has 3 N–H and O–H groups in total. The van der Waals surface area contributed by atoms with E-state index < -0.39 is 0 Å². The van der Waals surface area contributed by atoms with Crippen LogP contribution in [-0.2, 0) is 0 Å². The number of anilines is 4. The number of fused-ring (bicyclic) bond motifs is 1. The molecule has 7 nitrogen and oxygen atoms in total. The Hall–Kier alpha value is -4.91. The van der Waals surface area contributed by atoms with Crippen LogP contribution in [0.1, 0.15) is 76.6 Å². The summed E-state index contributed by atoms with van der Waals surface area (Å²) in [4.78, 5) is 31.5. The maximum atomic E-state index is 12.6. The third-order valence-corrected chi connectivity index (χ3v) is 6.37. The predicted octanol–water partition coefficient (Wildman–Crippen LogP) is 9.88. The quantitative estimate of drug-likeness (QED) is 0.157. The van der Waals surface area contributed by atoms with Crippen molar-refractivity contribution in [2.45, 2.75) is 55.9 Å². The van der Waals surface area contributed by atoms with E-state index in [9.17, 15) is 9.59 Å². The number of carbonyl (C=O) groups is 2. The molecule has 250 valence electrons. The fourth-order valence-corrected chi connectivity index (χ4v) is 3.71. The van der Waals surface area contributed by atoms with Gasteiger partial charge in [0.1, 0.15) is 0 Å². The van der Waals surface area contributed by atoms with Gasteiger partial charge in [-0.3, -0.25) is 9.59 Å². The van der Waals surface area contributed by atoms with E-state index in [0.29, 0.717) is 16.8 Å². The maximum absolute atomic E-state index is 12.6. The van der Waals surface area contributed by atoms with Gasteiger partial charge in [0.25, 0.3) is 5.91 Å². The third-order valence-electron chi connectivity index (χ3n) is 6.37. The van der Waals surface area contributed by atoms with E-state index >= 15 is 0 Å². The van der Waals surface area contributed by atoms with Crippen LogP contribution in [0.5, 0.6) is 0 Å². The highest BCUT2D eigenvalue weighted by Crippen LogP contribution is 2.28. The molecule has 1 heterocycles. The summed E-state index contributed by atoms with van der Waals surface area (Å²) in [5.41, 5.74) is 6.99. The predicted molar refractivity (Wildman–Crippen MR) is 203 cm³/mol. The number of aromatic amines is 1. The van der Waals surface area contributed by atoms with E-state index in [1.54, 1.807) is 24.3 Å². The fourth-order valence-electron chi connectivity index (χ4n) is 3.71. The van der Waals surface area contributed by atoms with Gasteiger partial charge in [-0.05, 0) is 69.3 Å². The van der Waals surface area contributed by atoms with Gasteiger partial charge in [-0.25, -0.2) is 4.98 Å². The van der Waals surface area contributed by atoms with Crippen molar-refractivity contribution in [1.29, 1.82) is 0 Å². The van der Waals surface area contributed by atoms with Gasteiger partial charge in [-0.1, -0.05) is 53.3 Å². The molecule has 0 bridgehead atoms. The number of hydrogen-bond donors (Lipinski definition) is 2. The number of nitrogens with one attached hydrogen (secondary N) is 3. The molecule has 0 aliphatic carbocycles. The molecule has 0 atom stereocenters. The molecule has 0 aliphatic rings. The topological polar surface area (TPSA) is 78.8 Å². The van der Waals surface area contributed by atoms with Crippen LogP contribution in [0.15, 0.2) is 104 Å². The second-order valence-corrected chi connectivity index (χ2v) is 9.63. The van der Waals surface area contributed by atoms with Crippen molar-refractivity contribution in [2.24, 2.45) is 0 Å². The van der Waals surface area contributed by atoms with Crippen molar-refractivity contribution in [3.8, 4) is 0 Å². The number of Topliss-reactive ketones (excluding diaryl/α,β-unsaturated/α-hetero) is 1. The van der Waals surface area contributed by atoms with Crippen LogP contribution in [-0.4, -0.2) is 44.8 Å². The summed E-state index contributed by atoms with van der Waals surface area (Å²) < 4.78 is 0. The monoisotopic (exact) mass is 628 g/mol. The number of amides is 1. The van der Waals surface area contributed by atoms with E-state index in [1.165, 1.54) is 12.6 Å². The fraction of sp³-hybridized carbons (Fsp3) is 0.308. The SMILES string of the molecule is C.C/C=C(\C)N(C)C.C=C.CC.CC.CC(=O)c1cccc(C(=O)Nc2ccc(Nc3cc[nH+]c4ccc(N(C)C)cc34)cc2)c1. The van der Waals surface area contributed by atoms with E-state index in [0.717, 1.165) is 28.0 Å². The highest BCUT2D eigenvalue weighted by Gasteiger charge is 2.11. The number of rotatable bonds is 7. The molecular formula is C39H58N5O2+. The summed E-state index contributed by atoms with van der Waals surface area (Å²) in [5, 5.41) is 7.42. The van der Waals surface area contributed by atoms with Crippen molar-refractivity contribution in [3.63, 3.8) is 0 Å². The van der Waals surface area contributed by atoms with E-state index in [2.05, 4.69) is 69.8 Å². The average Bonchev–Trinajstić information content (AvgIpc) is 3.08. The molecule has 4 rings (SSSR count). The first-order valence-electron chi connectivity index (χ1n) is 15.3. The van der Waals surface area contributed by atoms with Gasteiger partial charge in [0, 0.05) is 74.2 Å². The van der Waals surface area contributed by atoms with Crippen LogP contribution >= 0.6 is 0 Å². The first-order valence-corrected chi connectivity index (χ1v) is 15.3. The van der Waals surface area contributed by atoms with Crippen LogP contribution < -0.4 is 20.5 Å². The highest BCUT2D eigenvalue weighted by molar-refractivity contribution is 6.06. The highest BCUT2D eigenvalue weighted by atomic mass is 16.1. The Balaban J connectivity index is 0. The van der Waals surface area contributed by atoms with E-state index in [-0.39, 0.29) is 19.1 Å². The average molecular weight is 629 g/mol. The molecule has 0 radical (unpaired) electrons. The standard InChI is InChI=1S/C26H24N4O2.C6H13N.2C2H6.C2H4.CH4/c1-17(31)18-5-4-6-19(15-18)26(32)29-21-9-7-20(8-10-21)28-25-13-14-27-24-12-11-22(30(2)3)16-23(24)25;1-5-6(2)7(3)4;3*1-2;/h4-16H,1-3H3,(H,27,28)(H,29,32);5H,1-4H3;2*1-2H3;1-2H2;1H4/p+1/b;6-5+;;;;. The minimum absolute atomic E-state index is 0. The lowest BCUT2D eigenvalue weighted by molar-refractivity contribution is -0.344. The normalized spacial score (nSPS) is 9.50. The molecule has 0 spiro atoms. The number of hydrogen-bond acceptors (Lipinski definition) is 5. The first-order chi connectivity index (χ1) is 21.6. The Morgan fingerprint density at radius 2 is 1.35 bits per heavy atom. The lowest BCUT2D eigenvalue weighted by Gasteiger charge is -2.14. The van der Waals surface area contributed by atoms with Crippen LogP contribution in [0.3, 0.4) is 0 Å². The zero-order chi connectivity index (χ0) is 34.5. The minimum Gasteiger partial charge on any atom is -0.381 e. The van der Waals surface area contributed by atoms with E-state index in [4.69, 9.17) is 0 Å². The van der Waals surface area contributed by atoms with Crippen LogP contribution in [0, 0.1) is 0 Å². The van der Waals surface area contributed by atoms with Gasteiger partial charge in [-0.2, -0.15) is 0 Å². The third kappa shape index (κ3) is 13.8. The summed E-state index contributed by atoms with van der Waals surface area (Å²) in [6, 6.07) is 22.5. The molecule has 0 saturated carbocycles. The van der Waals surface area contributed by atoms with Crippen LogP contribution in [0.25, 0.3) is 10.9 Å². The van der Waals surface area contributed by atoms with Crippen LogP contribution in [0.4, 0.5) is 22.7 Å². The number of pyridine rings is 1. The first kappa shape index (κ1) is 43.2. The lowest BCUT2D eigenvalue weighted by atomic mass is 10.1. The van der Waals surface area contributed by atoms with E-state index in [1.807, 2.05) is 99.3 Å². The number of carbonyl (C=O) groups excluding carboxylic acids is 2. The van der Waals surface area contributed by atoms with Gasteiger partial charge >= 0.3 is 0 Å². The Labute approximate surface area is 279 Å². The van der Waals surface area contributed by atoms with Crippen molar-refractivity contribution in [1.82, 2.24) is 4.90 Å². The number of ketones is 1. The van der Waals surface area contributed by atoms with Crippen molar-refractivity contribution < 1.29 is 14.6 Å². The maximum Gasteiger partial charge on any atom is 0.255 e. The summed E-state index contributed by atoms with van der Waals surface area (Å²) >= 11 is 0. The second kappa shape index (κ2) is 23.5. The number of H-pyrrole nitrogens is 1. The molecule has 0 saturated heterocycles. The van der Waals surface area contributed by atoms with Crippen molar-refractivity contribution >= 4 is 45.3 Å². The number of nitrogens with zero attached hydrogens (tertiary/aromatic N) is 2. The Morgan fingerprint density at radius 3 is 1.85 bits per heavy atom. The molecule has 0 unspecified atom stereocenters. The zero-order valence-corrected chi connectivity index (χ0v) is 29.2. The summed E-state index contributed by atoms with van der Waals surface area (Å²) in [7, 11) is 8.11. The second-order valence-electron chi connectivity index (χ2n) is 9.63. The largest absolute Gasteiger partial charge is 0.381 e. The number of benzene rings is 3. The molecular weight excluding hydrogens is 570 g/mol. The molecule has 1 aromatic heterocycles. The molecule has 3 aromatic carbocycles. The van der Waals surface area contributed by atoms with Crippen LogP contribution in [0.2, 0.25) is 0 Å². The minimum atomic E-state index is -0.255. The smallest absolute Gasteiger partial charge is 0.255 e. The van der Waals surface area contributed by atoms with Gasteiger partial charge < -0.3 is 20.4 Å². The summed E-state index contributed by atoms with van der Waals surface area (Å²) in [6.45, 7) is 19.6. The van der Waals surface area contributed by atoms with Gasteiger partial charge in [0.15, 0.2) is 12.0 Å². The van der Waals surface area contributed by atoms with Gasteiger partial charge in [-0.15, -0.1) is 13.2 Å². The Morgan fingerprint density at radius 1 is 0.783 bits per heavy atom. The Kier molecular flexibility index (Phi) is 22.1. The van der Waals surface area contributed by atoms with Gasteiger partial charge in [0.2, 0.25) is 5.52 Å². The summed E-state index contributed by atoms with van der Waals surface area (Å²) in [5.74, 6) is -0.326. The van der Waals surface area contributed by atoms with Crippen molar-refractivity contribution in [2.75, 3.05) is 43.7 Å². The van der Waals surface area contributed by atoms with Crippen molar-refractivity contribution in [3.05, 3.63) is 115 Å². The zero-order valence-electron chi connectivity index (χ0n) is 29.2. The lowest BCUT2D eigenvalue weighted by Crippen LogP contribution is -2.12. The molecule has 46 heavy (non-hydrogen) atoms.